The van der Waals surface area contributed by atoms with Crippen molar-refractivity contribution in [2.24, 2.45) is 0 Å². The van der Waals surface area contributed by atoms with Crippen LogP contribution in [0, 0.1) is 11.6 Å². The predicted octanol–water partition coefficient (Wildman–Crippen LogP) is 6.01. The predicted molar refractivity (Wildman–Crippen MR) is 107 cm³/mol. The van der Waals surface area contributed by atoms with Crippen molar-refractivity contribution in [1.82, 2.24) is 15.3 Å². The Labute approximate surface area is 182 Å². The van der Waals surface area contributed by atoms with Gasteiger partial charge in [0.2, 0.25) is 0 Å². The average molecular weight is 464 g/mol. The fraction of sp³-hybridized carbons (Fsp3) is 0.0909. The highest BCUT2D eigenvalue weighted by molar-refractivity contribution is 6.31. The molecule has 0 radical (unpaired) electrons. The molecule has 5 rings (SSSR count). The molecular formula is C22H11ClF5N3O. The molecule has 10 heteroatoms. The zero-order chi connectivity index (χ0) is 22.8. The molecular weight excluding hydrogens is 453 g/mol. The van der Waals surface area contributed by atoms with Crippen molar-refractivity contribution in [3.63, 3.8) is 0 Å². The van der Waals surface area contributed by atoms with Gasteiger partial charge in [-0.05, 0) is 36.4 Å². The molecule has 0 saturated carbocycles. The number of H-pyrrole nitrogens is 1. The Kier molecular flexibility index (Phi) is 4.49. The molecule has 1 atom stereocenters. The monoisotopic (exact) mass is 463 g/mol. The Morgan fingerprint density at radius 3 is 2.50 bits per heavy atom. The average Bonchev–Trinajstić information content (AvgIpc) is 3.31. The van der Waals surface area contributed by atoms with Gasteiger partial charge in [-0.1, -0.05) is 23.7 Å². The number of carbonyl (C=O) groups excluding carboxylic acids is 1. The molecule has 0 fully saturated rings. The van der Waals surface area contributed by atoms with E-state index in [0.29, 0.717) is 22.8 Å². The fourth-order valence-electron chi connectivity index (χ4n) is 3.90. The third-order valence-corrected chi connectivity index (χ3v) is 5.65. The highest BCUT2D eigenvalue weighted by Crippen LogP contribution is 2.41. The number of amides is 1. The number of aromatic nitrogens is 2. The van der Waals surface area contributed by atoms with E-state index in [2.05, 4.69) is 15.3 Å². The van der Waals surface area contributed by atoms with Crippen molar-refractivity contribution in [2.45, 2.75) is 12.2 Å². The summed E-state index contributed by atoms with van der Waals surface area (Å²) in [6.07, 6.45) is -4.73. The number of alkyl halides is 3. The Hall–Kier alpha value is -3.46. The van der Waals surface area contributed by atoms with Crippen LogP contribution in [0.5, 0.6) is 0 Å². The van der Waals surface area contributed by atoms with Crippen LogP contribution in [0.4, 0.5) is 22.0 Å². The van der Waals surface area contributed by atoms with Crippen molar-refractivity contribution in [3.8, 4) is 11.4 Å². The largest absolute Gasteiger partial charge is 0.416 e. The van der Waals surface area contributed by atoms with Crippen LogP contribution < -0.4 is 5.32 Å². The molecule has 1 aliphatic rings. The first-order valence-electron chi connectivity index (χ1n) is 9.29. The Bertz CT molecular complexity index is 1410. The maximum Gasteiger partial charge on any atom is 0.416 e. The van der Waals surface area contributed by atoms with Crippen molar-refractivity contribution in [3.05, 3.63) is 87.4 Å². The maximum absolute atomic E-state index is 14.4. The van der Waals surface area contributed by atoms with Gasteiger partial charge in [0.25, 0.3) is 5.91 Å². The smallest absolute Gasteiger partial charge is 0.341 e. The van der Waals surface area contributed by atoms with Gasteiger partial charge in [0, 0.05) is 27.3 Å². The number of benzene rings is 3. The van der Waals surface area contributed by atoms with Crippen LogP contribution in [0.25, 0.3) is 22.4 Å². The summed E-state index contributed by atoms with van der Waals surface area (Å²) < 4.78 is 67.5. The normalized spacial score (nSPS) is 15.8. The molecule has 32 heavy (non-hydrogen) atoms. The number of imidazole rings is 1. The lowest BCUT2D eigenvalue weighted by Crippen LogP contribution is -2.20. The molecule has 1 unspecified atom stereocenters. The molecule has 0 spiro atoms. The summed E-state index contributed by atoms with van der Waals surface area (Å²) in [4.78, 5) is 19.4. The number of rotatable bonds is 2. The van der Waals surface area contributed by atoms with E-state index in [1.54, 1.807) is 18.2 Å². The van der Waals surface area contributed by atoms with Gasteiger partial charge in [0.05, 0.1) is 17.1 Å². The summed E-state index contributed by atoms with van der Waals surface area (Å²) in [7, 11) is 0. The van der Waals surface area contributed by atoms with Crippen LogP contribution in [0.15, 0.2) is 48.5 Å². The second-order valence-corrected chi connectivity index (χ2v) is 7.68. The van der Waals surface area contributed by atoms with Gasteiger partial charge < -0.3 is 10.3 Å². The lowest BCUT2D eigenvalue weighted by molar-refractivity contribution is -0.137. The molecule has 4 nitrogen and oxygen atoms in total. The van der Waals surface area contributed by atoms with E-state index in [9.17, 15) is 26.7 Å². The molecule has 0 bridgehead atoms. The van der Waals surface area contributed by atoms with E-state index in [-0.39, 0.29) is 27.4 Å². The van der Waals surface area contributed by atoms with Crippen LogP contribution in [0.2, 0.25) is 5.02 Å². The van der Waals surface area contributed by atoms with Crippen molar-refractivity contribution in [1.29, 1.82) is 0 Å². The summed E-state index contributed by atoms with van der Waals surface area (Å²) in [5.74, 6) is -2.07. The van der Waals surface area contributed by atoms with Gasteiger partial charge in [-0.15, -0.1) is 0 Å². The minimum atomic E-state index is -4.73. The second kappa shape index (κ2) is 7.03. The second-order valence-electron chi connectivity index (χ2n) is 7.28. The summed E-state index contributed by atoms with van der Waals surface area (Å²) in [6.45, 7) is 0. The molecule has 1 aromatic heterocycles. The van der Waals surface area contributed by atoms with Crippen molar-refractivity contribution in [2.75, 3.05) is 0 Å². The molecule has 2 N–H and O–H groups in total. The maximum atomic E-state index is 14.4. The van der Waals surface area contributed by atoms with E-state index in [1.165, 1.54) is 18.2 Å². The van der Waals surface area contributed by atoms with Gasteiger partial charge in [0.1, 0.15) is 17.2 Å². The Balaban J connectivity index is 1.71. The van der Waals surface area contributed by atoms with Crippen LogP contribution in [0.1, 0.15) is 33.1 Å². The van der Waals surface area contributed by atoms with Gasteiger partial charge in [-0.3, -0.25) is 4.79 Å². The first-order valence-corrected chi connectivity index (χ1v) is 9.67. The molecule has 0 saturated heterocycles. The highest BCUT2D eigenvalue weighted by Gasteiger charge is 2.35. The van der Waals surface area contributed by atoms with E-state index in [0.717, 1.165) is 6.07 Å². The summed E-state index contributed by atoms with van der Waals surface area (Å²) >= 11 is 6.24. The SMILES string of the molecule is O=C1NC(c2cc(F)ccc2Cl)c2c1cccc2-c1nc2c(F)cc(C(F)(F)F)cc2[nH]1. The molecule has 0 aliphatic carbocycles. The number of carbonyl (C=O) groups is 1. The molecule has 1 aliphatic heterocycles. The van der Waals surface area contributed by atoms with Crippen LogP contribution in [-0.2, 0) is 6.18 Å². The Morgan fingerprint density at radius 2 is 1.75 bits per heavy atom. The zero-order valence-electron chi connectivity index (χ0n) is 15.8. The van der Waals surface area contributed by atoms with E-state index >= 15 is 0 Å². The van der Waals surface area contributed by atoms with Crippen LogP contribution >= 0.6 is 11.6 Å². The lowest BCUT2D eigenvalue weighted by atomic mass is 9.93. The fourth-order valence-corrected chi connectivity index (χ4v) is 4.12. The van der Waals surface area contributed by atoms with Crippen molar-refractivity contribution >= 4 is 28.5 Å². The lowest BCUT2D eigenvalue weighted by Gasteiger charge is -2.16. The Morgan fingerprint density at radius 1 is 1.00 bits per heavy atom. The summed E-state index contributed by atoms with van der Waals surface area (Å²) in [5.41, 5.74) is -0.267. The number of hydrogen-bond donors (Lipinski definition) is 2. The van der Waals surface area contributed by atoms with Gasteiger partial charge in [0.15, 0.2) is 5.82 Å². The number of hydrogen-bond acceptors (Lipinski definition) is 2. The van der Waals surface area contributed by atoms with Crippen molar-refractivity contribution < 1.29 is 26.7 Å². The first-order chi connectivity index (χ1) is 15.1. The van der Waals surface area contributed by atoms with Crippen LogP contribution in [0.3, 0.4) is 0 Å². The van der Waals surface area contributed by atoms with E-state index < -0.39 is 35.3 Å². The number of halogens is 6. The molecule has 2 heterocycles. The summed E-state index contributed by atoms with van der Waals surface area (Å²) in [6, 6.07) is 8.72. The standard InChI is InChI=1S/C22H11ClF5N3O/c23-14-5-4-10(24)8-13(14)18-17-11(2-1-3-12(17)21(32)31-18)20-29-16-7-9(22(26,27)28)6-15(25)19(16)30-20/h1-8,18H,(H,29,30)(H,31,32). The van der Waals surface area contributed by atoms with Gasteiger partial charge in [-0.2, -0.15) is 13.2 Å². The van der Waals surface area contributed by atoms with Gasteiger partial charge >= 0.3 is 6.18 Å². The molecule has 162 valence electrons. The topological polar surface area (TPSA) is 57.8 Å². The van der Waals surface area contributed by atoms with E-state index in [1.807, 2.05) is 0 Å². The van der Waals surface area contributed by atoms with Gasteiger partial charge in [-0.25, -0.2) is 13.8 Å². The molecule has 1 amide bonds. The third-order valence-electron chi connectivity index (χ3n) is 5.31. The number of aromatic amines is 1. The number of nitrogens with zero attached hydrogens (tertiary/aromatic N) is 1. The minimum absolute atomic E-state index is 0.0594. The highest BCUT2D eigenvalue weighted by atomic mass is 35.5. The third kappa shape index (κ3) is 3.20. The summed E-state index contributed by atoms with van der Waals surface area (Å²) in [5, 5.41) is 2.95. The quantitative estimate of drug-likeness (QED) is 0.357. The van der Waals surface area contributed by atoms with Crippen LogP contribution in [-0.4, -0.2) is 15.9 Å². The van der Waals surface area contributed by atoms with E-state index in [4.69, 9.17) is 11.6 Å². The molecule has 3 aromatic carbocycles. The minimum Gasteiger partial charge on any atom is -0.341 e. The molecule has 4 aromatic rings. The number of fused-ring (bicyclic) bond motifs is 2. The zero-order valence-corrected chi connectivity index (χ0v) is 16.6. The first kappa shape index (κ1) is 20.4. The number of nitrogens with one attached hydrogen (secondary N) is 2.